The van der Waals surface area contributed by atoms with Crippen LogP contribution in [0.2, 0.25) is 0 Å². The third kappa shape index (κ3) is 6.08. The van der Waals surface area contributed by atoms with Gasteiger partial charge in [-0.15, -0.1) is 22.7 Å². The Kier molecular flexibility index (Phi) is 8.81. The summed E-state index contributed by atoms with van der Waals surface area (Å²) in [5.74, 6) is -0.0420. The van der Waals surface area contributed by atoms with Crippen LogP contribution in [-0.2, 0) is 0 Å². The number of para-hydroxylation sites is 2. The van der Waals surface area contributed by atoms with Gasteiger partial charge in [-0.05, 0) is 89.3 Å². The van der Waals surface area contributed by atoms with Gasteiger partial charge in [-0.25, -0.2) is 0 Å². The first-order valence-electron chi connectivity index (χ1n) is 18.0. The minimum atomic E-state index is -0.0420. The molecular formula is C50H37NS2. The monoisotopic (exact) mass is 715 g/mol. The maximum atomic E-state index is 4.67. The topological polar surface area (TPSA) is 3.24 Å². The Morgan fingerprint density at radius 3 is 1.92 bits per heavy atom. The van der Waals surface area contributed by atoms with E-state index in [9.17, 15) is 0 Å². The second-order valence-electron chi connectivity index (χ2n) is 13.3. The van der Waals surface area contributed by atoms with Crippen molar-refractivity contribution in [2.24, 2.45) is 0 Å². The van der Waals surface area contributed by atoms with Gasteiger partial charge in [0.05, 0.1) is 10.4 Å². The summed E-state index contributed by atoms with van der Waals surface area (Å²) in [6, 6.07) is 59.7. The maximum absolute atomic E-state index is 4.67. The minimum absolute atomic E-state index is 0.0420. The van der Waals surface area contributed by atoms with E-state index in [-0.39, 0.29) is 5.92 Å². The van der Waals surface area contributed by atoms with Gasteiger partial charge in [0.1, 0.15) is 0 Å². The second kappa shape index (κ2) is 14.2. The van der Waals surface area contributed by atoms with E-state index in [1.165, 1.54) is 62.6 Å². The lowest BCUT2D eigenvalue weighted by atomic mass is 9.84. The van der Waals surface area contributed by atoms with Gasteiger partial charge in [-0.2, -0.15) is 0 Å². The molecule has 1 unspecified atom stereocenters. The van der Waals surface area contributed by atoms with Crippen molar-refractivity contribution in [2.45, 2.75) is 12.8 Å². The first-order chi connectivity index (χ1) is 26.2. The third-order valence-corrected chi connectivity index (χ3v) is 12.4. The fourth-order valence-corrected chi connectivity index (χ4v) is 10.00. The quantitative estimate of drug-likeness (QED) is 0.135. The molecular weight excluding hydrogens is 679 g/mol. The number of fused-ring (bicyclic) bond motifs is 6. The maximum Gasteiger partial charge on any atom is 0.0643 e. The molecule has 9 aromatic rings. The normalized spacial score (nSPS) is 12.5. The van der Waals surface area contributed by atoms with Gasteiger partial charge >= 0.3 is 0 Å². The largest absolute Gasteiger partial charge is 0.309 e. The molecule has 254 valence electrons. The summed E-state index contributed by atoms with van der Waals surface area (Å²) in [6.07, 6.45) is 8.37. The van der Waals surface area contributed by atoms with Crippen molar-refractivity contribution in [1.82, 2.24) is 0 Å². The summed E-state index contributed by atoms with van der Waals surface area (Å²) in [4.78, 5) is 2.42. The molecule has 9 rings (SSSR count). The van der Waals surface area contributed by atoms with Crippen molar-refractivity contribution in [3.05, 3.63) is 211 Å². The standard InChI is InChI=1S/C50H37NS2/c1-3-4-8-18-34(2)48(35-19-9-5-10-20-35)37-32-44-43-31-36(40-26-17-27-42-41-25-15-16-28-46(41)52-49(40)42)29-30-47(43)53-50(44)45(33-37)51(38-21-11-6-12-22-38)39-23-13-7-14-24-39/h3-33,48H,2H2,1H3/b4-3-,18-8-. The van der Waals surface area contributed by atoms with Gasteiger partial charge in [0, 0.05) is 52.9 Å². The molecule has 1 nitrogen and oxygen atoms in total. The number of anilines is 3. The fourth-order valence-electron chi connectivity index (χ4n) is 7.59. The van der Waals surface area contributed by atoms with Crippen LogP contribution in [0.4, 0.5) is 17.1 Å². The smallest absolute Gasteiger partial charge is 0.0643 e. The van der Waals surface area contributed by atoms with Crippen LogP contribution in [0.3, 0.4) is 0 Å². The number of thiophene rings is 2. The van der Waals surface area contributed by atoms with E-state index in [1.807, 2.05) is 29.6 Å². The second-order valence-corrected chi connectivity index (χ2v) is 15.4. The first kappa shape index (κ1) is 32.9. The average Bonchev–Trinajstić information content (AvgIpc) is 3.78. The summed E-state index contributed by atoms with van der Waals surface area (Å²) in [5, 5.41) is 5.17. The van der Waals surface area contributed by atoms with Gasteiger partial charge in [-0.3, -0.25) is 0 Å². The number of nitrogens with zero attached hydrogens (tertiary/aromatic N) is 1. The number of hydrogen-bond acceptors (Lipinski definition) is 3. The van der Waals surface area contributed by atoms with Crippen LogP contribution in [0.15, 0.2) is 200 Å². The third-order valence-electron chi connectivity index (χ3n) is 10.0. The highest BCUT2D eigenvalue weighted by Crippen LogP contribution is 2.49. The molecule has 0 saturated heterocycles. The molecule has 0 aliphatic rings. The Labute approximate surface area is 318 Å². The zero-order chi connectivity index (χ0) is 35.7. The van der Waals surface area contributed by atoms with E-state index in [0.29, 0.717) is 0 Å². The Hall–Kier alpha value is -6.00. The summed E-state index contributed by atoms with van der Waals surface area (Å²) in [7, 11) is 0. The van der Waals surface area contributed by atoms with Crippen LogP contribution in [0.5, 0.6) is 0 Å². The molecule has 3 heteroatoms. The van der Waals surface area contributed by atoms with Gasteiger partial charge < -0.3 is 4.90 Å². The van der Waals surface area contributed by atoms with E-state index in [4.69, 9.17) is 0 Å². The molecule has 0 radical (unpaired) electrons. The SMILES string of the molecule is C=C(/C=C\C=C/C)C(c1ccccc1)c1cc(N(c2ccccc2)c2ccccc2)c2sc3ccc(-c4cccc5c4sc4ccccc45)cc3c2c1. The fraction of sp³-hybridized carbons (Fsp3) is 0.0400. The molecule has 0 aliphatic carbocycles. The summed E-state index contributed by atoms with van der Waals surface area (Å²) < 4.78 is 5.19. The number of rotatable bonds is 9. The van der Waals surface area contributed by atoms with Crippen LogP contribution in [0, 0.1) is 0 Å². The van der Waals surface area contributed by atoms with Crippen LogP contribution < -0.4 is 4.90 Å². The van der Waals surface area contributed by atoms with Crippen LogP contribution >= 0.6 is 22.7 Å². The predicted octanol–water partition coefficient (Wildman–Crippen LogP) is 15.4. The Morgan fingerprint density at radius 1 is 0.547 bits per heavy atom. The molecule has 2 heterocycles. The van der Waals surface area contributed by atoms with Crippen molar-refractivity contribution in [3.63, 3.8) is 0 Å². The Balaban J connectivity index is 1.33. The molecule has 7 aromatic carbocycles. The molecule has 0 saturated carbocycles. The van der Waals surface area contributed by atoms with Crippen LogP contribution in [0.25, 0.3) is 51.5 Å². The molecule has 0 fully saturated rings. The molecule has 0 bridgehead atoms. The molecule has 0 amide bonds. The summed E-state index contributed by atoms with van der Waals surface area (Å²) in [5.41, 5.74) is 9.39. The Morgan fingerprint density at radius 2 is 1.19 bits per heavy atom. The average molecular weight is 716 g/mol. The highest BCUT2D eigenvalue weighted by molar-refractivity contribution is 7.27. The minimum Gasteiger partial charge on any atom is -0.309 e. The predicted molar refractivity (Wildman–Crippen MR) is 234 cm³/mol. The van der Waals surface area contributed by atoms with Crippen molar-refractivity contribution in [2.75, 3.05) is 4.90 Å². The lowest BCUT2D eigenvalue weighted by Gasteiger charge is -2.28. The van der Waals surface area contributed by atoms with Gasteiger partial charge in [0.2, 0.25) is 0 Å². The van der Waals surface area contributed by atoms with E-state index < -0.39 is 0 Å². The van der Waals surface area contributed by atoms with E-state index in [0.717, 1.165) is 22.6 Å². The van der Waals surface area contributed by atoms with Crippen molar-refractivity contribution in [1.29, 1.82) is 0 Å². The molecule has 2 aromatic heterocycles. The molecule has 0 N–H and O–H groups in total. The Bertz CT molecular complexity index is 2770. The molecule has 53 heavy (non-hydrogen) atoms. The van der Waals surface area contributed by atoms with Gasteiger partial charge in [0.25, 0.3) is 0 Å². The van der Waals surface area contributed by atoms with Crippen molar-refractivity contribution < 1.29 is 0 Å². The molecule has 1 atom stereocenters. The van der Waals surface area contributed by atoms with Crippen LogP contribution in [-0.4, -0.2) is 0 Å². The van der Waals surface area contributed by atoms with Crippen LogP contribution in [0.1, 0.15) is 24.0 Å². The molecule has 0 spiro atoms. The highest BCUT2D eigenvalue weighted by atomic mass is 32.1. The lowest BCUT2D eigenvalue weighted by Crippen LogP contribution is -2.11. The number of benzene rings is 7. The van der Waals surface area contributed by atoms with Crippen molar-refractivity contribution >= 4 is 80.1 Å². The zero-order valence-electron chi connectivity index (χ0n) is 29.4. The zero-order valence-corrected chi connectivity index (χ0v) is 31.1. The molecule has 0 aliphatic heterocycles. The summed E-state index contributed by atoms with van der Waals surface area (Å²) in [6.45, 7) is 6.71. The van der Waals surface area contributed by atoms with E-state index >= 15 is 0 Å². The first-order valence-corrected chi connectivity index (χ1v) is 19.7. The van der Waals surface area contributed by atoms with Crippen molar-refractivity contribution in [3.8, 4) is 11.1 Å². The highest BCUT2D eigenvalue weighted by Gasteiger charge is 2.24. The van der Waals surface area contributed by atoms with Gasteiger partial charge in [0.15, 0.2) is 0 Å². The van der Waals surface area contributed by atoms with E-state index in [1.54, 1.807) is 0 Å². The summed E-state index contributed by atoms with van der Waals surface area (Å²) >= 11 is 3.76. The van der Waals surface area contributed by atoms with Gasteiger partial charge in [-0.1, -0.05) is 140 Å². The lowest BCUT2D eigenvalue weighted by molar-refractivity contribution is 0.984. The number of hydrogen-bond donors (Lipinski definition) is 0. The van der Waals surface area contributed by atoms with E-state index in [2.05, 4.69) is 200 Å². The number of allylic oxidation sites excluding steroid dienone is 5.